The molecule has 0 aromatic heterocycles. The maximum Gasteiger partial charge on any atom is 0.220 e. The van der Waals surface area contributed by atoms with Crippen molar-refractivity contribution in [3.8, 4) is 0 Å². The molecule has 0 aromatic rings. The van der Waals surface area contributed by atoms with Gasteiger partial charge in [-0.1, -0.05) is 13.8 Å². The molecule has 0 bridgehead atoms. The summed E-state index contributed by atoms with van der Waals surface area (Å²) >= 11 is 0. The molecule has 1 amide bonds. The minimum Gasteiger partial charge on any atom is -0.396 e. The maximum absolute atomic E-state index is 11.5. The van der Waals surface area contributed by atoms with Crippen LogP contribution in [-0.2, 0) is 4.79 Å². The highest BCUT2D eigenvalue weighted by Crippen LogP contribution is 2.13. The number of hydrogen-bond acceptors (Lipinski definition) is 3. The molecule has 0 aliphatic rings. The molecular weight excluding hydrogens is 204 g/mol. The number of carbonyl (C=O) groups excluding carboxylic acids is 1. The number of nitrogens with one attached hydrogen (secondary N) is 1. The Morgan fingerprint density at radius 1 is 1.38 bits per heavy atom. The van der Waals surface area contributed by atoms with Gasteiger partial charge in [-0.05, 0) is 37.6 Å². The minimum absolute atomic E-state index is 0.0778. The standard InChI is InChI=1S/C12H26N2O2/c1-10(2)7-11(9-13)8-12(16)14-5-3-4-6-15/h10-11,15H,3-9,13H2,1-2H3,(H,14,16)/t11-/m0/s1. The summed E-state index contributed by atoms with van der Waals surface area (Å²) in [7, 11) is 0. The van der Waals surface area contributed by atoms with Crippen LogP contribution in [0, 0.1) is 11.8 Å². The highest BCUT2D eigenvalue weighted by Gasteiger charge is 2.13. The maximum atomic E-state index is 11.5. The zero-order chi connectivity index (χ0) is 12.4. The molecule has 0 saturated carbocycles. The fourth-order valence-electron chi connectivity index (χ4n) is 1.73. The smallest absolute Gasteiger partial charge is 0.220 e. The number of amides is 1. The Balaban J connectivity index is 3.66. The van der Waals surface area contributed by atoms with Crippen molar-refractivity contribution in [2.45, 2.75) is 39.5 Å². The third-order valence-electron chi connectivity index (χ3n) is 2.52. The van der Waals surface area contributed by atoms with Crippen LogP contribution >= 0.6 is 0 Å². The van der Waals surface area contributed by atoms with E-state index in [9.17, 15) is 4.79 Å². The van der Waals surface area contributed by atoms with E-state index in [-0.39, 0.29) is 18.4 Å². The van der Waals surface area contributed by atoms with E-state index in [1.165, 1.54) is 0 Å². The zero-order valence-electron chi connectivity index (χ0n) is 10.5. The SMILES string of the molecule is CC(C)C[C@H](CN)CC(=O)NCCCCO. The van der Waals surface area contributed by atoms with Crippen LogP contribution in [0.3, 0.4) is 0 Å². The van der Waals surface area contributed by atoms with Crippen LogP contribution in [0.2, 0.25) is 0 Å². The van der Waals surface area contributed by atoms with Crippen molar-refractivity contribution < 1.29 is 9.90 Å². The van der Waals surface area contributed by atoms with E-state index in [1.807, 2.05) is 0 Å². The van der Waals surface area contributed by atoms with Crippen molar-refractivity contribution in [2.75, 3.05) is 19.7 Å². The molecule has 0 unspecified atom stereocenters. The summed E-state index contributed by atoms with van der Waals surface area (Å²) in [5.74, 6) is 0.947. The van der Waals surface area contributed by atoms with Crippen LogP contribution in [0.15, 0.2) is 0 Å². The molecule has 0 radical (unpaired) electrons. The van der Waals surface area contributed by atoms with Gasteiger partial charge in [-0.3, -0.25) is 4.79 Å². The first kappa shape index (κ1) is 15.4. The van der Waals surface area contributed by atoms with Crippen LogP contribution in [-0.4, -0.2) is 30.7 Å². The predicted octanol–water partition coefficient (Wildman–Crippen LogP) is 0.886. The molecule has 0 rings (SSSR count). The Morgan fingerprint density at radius 2 is 2.06 bits per heavy atom. The molecule has 4 nitrogen and oxygen atoms in total. The van der Waals surface area contributed by atoms with Gasteiger partial charge in [0.15, 0.2) is 0 Å². The van der Waals surface area contributed by atoms with E-state index in [2.05, 4.69) is 19.2 Å². The molecule has 4 heteroatoms. The normalized spacial score (nSPS) is 12.8. The van der Waals surface area contributed by atoms with Gasteiger partial charge in [0.2, 0.25) is 5.91 Å². The van der Waals surface area contributed by atoms with E-state index in [1.54, 1.807) is 0 Å². The fourth-order valence-corrected chi connectivity index (χ4v) is 1.73. The molecule has 16 heavy (non-hydrogen) atoms. The van der Waals surface area contributed by atoms with Gasteiger partial charge in [-0.2, -0.15) is 0 Å². The molecule has 0 spiro atoms. The fraction of sp³-hybridized carbons (Fsp3) is 0.917. The van der Waals surface area contributed by atoms with Gasteiger partial charge in [0, 0.05) is 19.6 Å². The Bertz CT molecular complexity index is 184. The van der Waals surface area contributed by atoms with Crippen LogP contribution in [0.25, 0.3) is 0 Å². The second-order valence-corrected chi connectivity index (χ2v) is 4.72. The lowest BCUT2D eigenvalue weighted by Crippen LogP contribution is -2.29. The summed E-state index contributed by atoms with van der Waals surface area (Å²) in [6.45, 7) is 5.69. The first-order valence-electron chi connectivity index (χ1n) is 6.17. The number of nitrogens with two attached hydrogens (primary N) is 1. The Morgan fingerprint density at radius 3 is 2.56 bits per heavy atom. The van der Waals surface area contributed by atoms with Crippen molar-refractivity contribution in [3.63, 3.8) is 0 Å². The summed E-state index contributed by atoms with van der Waals surface area (Å²) < 4.78 is 0. The topological polar surface area (TPSA) is 75.4 Å². The van der Waals surface area contributed by atoms with Crippen LogP contribution in [0.4, 0.5) is 0 Å². The van der Waals surface area contributed by atoms with Crippen molar-refractivity contribution in [2.24, 2.45) is 17.6 Å². The highest BCUT2D eigenvalue weighted by molar-refractivity contribution is 5.76. The van der Waals surface area contributed by atoms with Gasteiger partial charge in [0.05, 0.1) is 0 Å². The van der Waals surface area contributed by atoms with E-state index < -0.39 is 0 Å². The van der Waals surface area contributed by atoms with Gasteiger partial charge in [-0.25, -0.2) is 0 Å². The largest absolute Gasteiger partial charge is 0.396 e. The lowest BCUT2D eigenvalue weighted by atomic mass is 9.94. The quantitative estimate of drug-likeness (QED) is 0.515. The van der Waals surface area contributed by atoms with Crippen molar-refractivity contribution in [1.82, 2.24) is 5.32 Å². The average Bonchev–Trinajstić information content (AvgIpc) is 2.23. The number of rotatable bonds is 9. The molecule has 0 heterocycles. The second kappa shape index (κ2) is 9.60. The van der Waals surface area contributed by atoms with Gasteiger partial charge >= 0.3 is 0 Å². The van der Waals surface area contributed by atoms with Gasteiger partial charge < -0.3 is 16.2 Å². The lowest BCUT2D eigenvalue weighted by Gasteiger charge is -2.16. The number of unbranched alkanes of at least 4 members (excludes halogenated alkanes) is 1. The summed E-state index contributed by atoms with van der Waals surface area (Å²) in [5, 5.41) is 11.4. The summed E-state index contributed by atoms with van der Waals surface area (Å²) in [4.78, 5) is 11.5. The van der Waals surface area contributed by atoms with Gasteiger partial charge in [0.25, 0.3) is 0 Å². The minimum atomic E-state index is 0.0778. The number of hydrogen-bond donors (Lipinski definition) is 3. The second-order valence-electron chi connectivity index (χ2n) is 4.72. The van der Waals surface area contributed by atoms with E-state index in [4.69, 9.17) is 10.8 Å². The Hall–Kier alpha value is -0.610. The van der Waals surface area contributed by atoms with Crippen molar-refractivity contribution in [3.05, 3.63) is 0 Å². The molecule has 0 aromatic carbocycles. The molecular formula is C12H26N2O2. The molecule has 0 fully saturated rings. The Kier molecular flexibility index (Phi) is 9.24. The van der Waals surface area contributed by atoms with E-state index in [0.717, 1.165) is 19.3 Å². The monoisotopic (exact) mass is 230 g/mol. The van der Waals surface area contributed by atoms with Crippen LogP contribution in [0.1, 0.15) is 39.5 Å². The highest BCUT2D eigenvalue weighted by atomic mass is 16.2. The number of aliphatic hydroxyl groups excluding tert-OH is 1. The average molecular weight is 230 g/mol. The predicted molar refractivity (Wildman–Crippen MR) is 65.9 cm³/mol. The molecule has 96 valence electrons. The first-order chi connectivity index (χ1) is 7.60. The zero-order valence-corrected chi connectivity index (χ0v) is 10.5. The summed E-state index contributed by atoms with van der Waals surface area (Å²) in [6.07, 6.45) is 3.10. The first-order valence-corrected chi connectivity index (χ1v) is 6.17. The third-order valence-corrected chi connectivity index (χ3v) is 2.52. The van der Waals surface area contributed by atoms with Crippen molar-refractivity contribution >= 4 is 5.91 Å². The number of carbonyl (C=O) groups is 1. The van der Waals surface area contributed by atoms with Crippen molar-refractivity contribution in [1.29, 1.82) is 0 Å². The Labute approximate surface area is 98.6 Å². The van der Waals surface area contributed by atoms with E-state index >= 15 is 0 Å². The van der Waals surface area contributed by atoms with Crippen LogP contribution < -0.4 is 11.1 Å². The van der Waals surface area contributed by atoms with Crippen LogP contribution in [0.5, 0.6) is 0 Å². The molecule has 0 saturated heterocycles. The summed E-state index contributed by atoms with van der Waals surface area (Å²) in [6, 6.07) is 0. The van der Waals surface area contributed by atoms with Gasteiger partial charge in [-0.15, -0.1) is 0 Å². The third kappa shape index (κ3) is 8.68. The lowest BCUT2D eigenvalue weighted by molar-refractivity contribution is -0.122. The molecule has 1 atom stereocenters. The van der Waals surface area contributed by atoms with E-state index in [0.29, 0.717) is 25.4 Å². The molecule has 0 aliphatic carbocycles. The number of aliphatic hydroxyl groups is 1. The summed E-state index contributed by atoms with van der Waals surface area (Å²) in [5.41, 5.74) is 5.63. The molecule has 4 N–H and O–H groups in total. The van der Waals surface area contributed by atoms with Gasteiger partial charge in [0.1, 0.15) is 0 Å². The molecule has 0 aliphatic heterocycles.